The number of rotatable bonds is 3. The maximum Gasteiger partial charge on any atom is 0.341 e. The normalized spacial score (nSPS) is 23.2. The highest BCUT2D eigenvalue weighted by atomic mass is 79.9. The van der Waals surface area contributed by atoms with Gasteiger partial charge in [-0.15, -0.1) is 0 Å². The summed E-state index contributed by atoms with van der Waals surface area (Å²) in [7, 11) is 1.41. The van der Waals surface area contributed by atoms with Crippen LogP contribution in [0.5, 0.6) is 0 Å². The van der Waals surface area contributed by atoms with E-state index in [1.54, 1.807) is 6.08 Å². The lowest BCUT2D eigenvalue weighted by Crippen LogP contribution is -2.42. The predicted octanol–water partition coefficient (Wildman–Crippen LogP) is 3.22. The third-order valence-electron chi connectivity index (χ3n) is 3.09. The Morgan fingerprint density at radius 1 is 1.33 bits per heavy atom. The molecule has 18 heavy (non-hydrogen) atoms. The minimum absolute atomic E-state index is 0.305. The van der Waals surface area contributed by atoms with Crippen molar-refractivity contribution in [3.8, 4) is 0 Å². The average Bonchev–Trinajstić information content (AvgIpc) is 2.40. The van der Waals surface area contributed by atoms with Gasteiger partial charge in [-0.2, -0.15) is 0 Å². The van der Waals surface area contributed by atoms with Gasteiger partial charge in [-0.1, -0.05) is 52.3 Å². The Morgan fingerprint density at radius 3 is 2.56 bits per heavy atom. The minimum atomic E-state index is -1.32. The second-order valence-electron chi connectivity index (χ2n) is 4.09. The van der Waals surface area contributed by atoms with Crippen LogP contribution in [-0.4, -0.2) is 23.8 Å². The van der Waals surface area contributed by atoms with Crippen LogP contribution in [0.4, 0.5) is 0 Å². The number of hydrogen-bond acceptors (Lipinski definition) is 2. The number of halogens is 1. The van der Waals surface area contributed by atoms with Crippen LogP contribution < -0.4 is 0 Å². The van der Waals surface area contributed by atoms with Crippen molar-refractivity contribution in [2.24, 2.45) is 0 Å². The van der Waals surface area contributed by atoms with E-state index < -0.39 is 11.6 Å². The number of aliphatic carboxylic acids is 1. The highest BCUT2D eigenvalue weighted by Gasteiger charge is 2.44. The van der Waals surface area contributed by atoms with Gasteiger partial charge < -0.3 is 9.84 Å². The SMILES string of the molecule is COC1(C(=O)O)CC(c2ccccc2)=CC=C1Br. The molecule has 94 valence electrons. The molecular weight excluding hydrogens is 296 g/mol. The Balaban J connectivity index is 2.42. The third-order valence-corrected chi connectivity index (χ3v) is 4.00. The van der Waals surface area contributed by atoms with Crippen LogP contribution in [-0.2, 0) is 9.53 Å². The maximum atomic E-state index is 11.5. The molecule has 0 amide bonds. The second kappa shape index (κ2) is 5.08. The molecule has 0 aliphatic heterocycles. The summed E-state index contributed by atoms with van der Waals surface area (Å²) < 4.78 is 5.78. The van der Waals surface area contributed by atoms with Gasteiger partial charge in [0.25, 0.3) is 0 Å². The molecule has 0 aromatic heterocycles. The van der Waals surface area contributed by atoms with Crippen LogP contribution in [0.25, 0.3) is 5.57 Å². The highest BCUT2D eigenvalue weighted by Crippen LogP contribution is 2.39. The van der Waals surface area contributed by atoms with Gasteiger partial charge in [0.1, 0.15) is 0 Å². The van der Waals surface area contributed by atoms with Gasteiger partial charge in [-0.3, -0.25) is 0 Å². The Bertz CT molecular complexity index is 519. The standard InChI is InChI=1S/C14H13BrO3/c1-18-14(13(16)17)9-11(7-8-12(14)15)10-5-3-2-4-6-10/h2-8H,9H2,1H3,(H,16,17). The summed E-state index contributed by atoms with van der Waals surface area (Å²) in [6.45, 7) is 0. The van der Waals surface area contributed by atoms with Crippen molar-refractivity contribution in [1.82, 2.24) is 0 Å². The van der Waals surface area contributed by atoms with Gasteiger partial charge >= 0.3 is 5.97 Å². The molecule has 1 aliphatic rings. The maximum absolute atomic E-state index is 11.5. The van der Waals surface area contributed by atoms with Gasteiger partial charge in [0, 0.05) is 18.0 Å². The fraction of sp³-hybridized carbons (Fsp3) is 0.214. The monoisotopic (exact) mass is 308 g/mol. The lowest BCUT2D eigenvalue weighted by molar-refractivity contribution is -0.156. The molecule has 1 aromatic rings. The first kappa shape index (κ1) is 13.1. The number of carboxylic acids is 1. The van der Waals surface area contributed by atoms with Gasteiger partial charge in [0.15, 0.2) is 5.60 Å². The molecule has 3 nitrogen and oxygen atoms in total. The molecule has 0 radical (unpaired) electrons. The number of allylic oxidation sites excluding steroid dienone is 2. The lowest BCUT2D eigenvalue weighted by atomic mass is 9.86. The highest BCUT2D eigenvalue weighted by molar-refractivity contribution is 9.11. The van der Waals surface area contributed by atoms with Gasteiger partial charge in [0.05, 0.1) is 0 Å². The molecule has 4 heteroatoms. The molecular formula is C14H13BrO3. The van der Waals surface area contributed by atoms with E-state index in [0.717, 1.165) is 11.1 Å². The first-order valence-corrected chi connectivity index (χ1v) is 6.30. The average molecular weight is 309 g/mol. The van der Waals surface area contributed by atoms with E-state index in [-0.39, 0.29) is 0 Å². The van der Waals surface area contributed by atoms with Crippen LogP contribution in [0, 0.1) is 0 Å². The van der Waals surface area contributed by atoms with E-state index in [0.29, 0.717) is 10.9 Å². The smallest absolute Gasteiger partial charge is 0.341 e. The molecule has 1 N–H and O–H groups in total. The van der Waals surface area contributed by atoms with Crippen molar-refractivity contribution < 1.29 is 14.6 Å². The fourth-order valence-electron chi connectivity index (χ4n) is 2.01. The number of ether oxygens (including phenoxy) is 1. The van der Waals surface area contributed by atoms with Gasteiger partial charge in [-0.05, 0) is 17.2 Å². The Labute approximate surface area is 114 Å². The van der Waals surface area contributed by atoms with Gasteiger partial charge in [0.2, 0.25) is 0 Å². The first-order valence-electron chi connectivity index (χ1n) is 5.51. The molecule has 1 atom stereocenters. The zero-order valence-corrected chi connectivity index (χ0v) is 11.5. The van der Waals surface area contributed by atoms with E-state index in [9.17, 15) is 9.90 Å². The van der Waals surface area contributed by atoms with Crippen molar-refractivity contribution in [1.29, 1.82) is 0 Å². The van der Waals surface area contributed by atoms with Crippen LogP contribution in [0.3, 0.4) is 0 Å². The minimum Gasteiger partial charge on any atom is -0.479 e. The Morgan fingerprint density at radius 2 is 2.00 bits per heavy atom. The number of benzene rings is 1. The van der Waals surface area contributed by atoms with Gasteiger partial charge in [-0.25, -0.2) is 4.79 Å². The summed E-state index contributed by atoms with van der Waals surface area (Å²) in [5, 5.41) is 9.40. The van der Waals surface area contributed by atoms with Crippen molar-refractivity contribution in [2.75, 3.05) is 7.11 Å². The predicted molar refractivity (Wildman–Crippen MR) is 73.4 cm³/mol. The van der Waals surface area contributed by atoms with Crippen molar-refractivity contribution in [3.63, 3.8) is 0 Å². The molecule has 0 spiro atoms. The molecule has 0 bridgehead atoms. The lowest BCUT2D eigenvalue weighted by Gasteiger charge is -2.31. The van der Waals surface area contributed by atoms with Crippen LogP contribution >= 0.6 is 15.9 Å². The van der Waals surface area contributed by atoms with E-state index in [2.05, 4.69) is 15.9 Å². The summed E-state index contributed by atoms with van der Waals surface area (Å²) in [5.74, 6) is -0.991. The second-order valence-corrected chi connectivity index (χ2v) is 4.94. The molecule has 1 aromatic carbocycles. The summed E-state index contributed by atoms with van der Waals surface area (Å²) in [6, 6.07) is 9.71. The van der Waals surface area contributed by atoms with E-state index >= 15 is 0 Å². The summed E-state index contributed by atoms with van der Waals surface area (Å²) in [5.41, 5.74) is 0.638. The number of methoxy groups -OCH3 is 1. The van der Waals surface area contributed by atoms with E-state index in [1.165, 1.54) is 7.11 Å². The van der Waals surface area contributed by atoms with Crippen molar-refractivity contribution in [2.45, 2.75) is 12.0 Å². The molecule has 1 unspecified atom stereocenters. The van der Waals surface area contributed by atoms with E-state index in [4.69, 9.17) is 4.74 Å². The molecule has 0 heterocycles. The largest absolute Gasteiger partial charge is 0.479 e. The quantitative estimate of drug-likeness (QED) is 0.932. The topological polar surface area (TPSA) is 46.5 Å². The summed E-state index contributed by atoms with van der Waals surface area (Å²) >= 11 is 3.28. The zero-order chi connectivity index (χ0) is 13.2. The molecule has 0 fully saturated rings. The number of hydrogen-bond donors (Lipinski definition) is 1. The summed E-state index contributed by atoms with van der Waals surface area (Å²) in [6.07, 6.45) is 3.96. The summed E-state index contributed by atoms with van der Waals surface area (Å²) in [4.78, 5) is 11.5. The number of carboxylic acid groups (broad SMARTS) is 1. The van der Waals surface area contributed by atoms with Crippen LogP contribution in [0.1, 0.15) is 12.0 Å². The molecule has 2 rings (SSSR count). The fourth-order valence-corrected chi connectivity index (χ4v) is 2.61. The molecule has 1 aliphatic carbocycles. The van der Waals surface area contributed by atoms with Crippen molar-refractivity contribution >= 4 is 27.5 Å². The van der Waals surface area contributed by atoms with Crippen LogP contribution in [0.15, 0.2) is 47.0 Å². The molecule has 0 saturated carbocycles. The van der Waals surface area contributed by atoms with Crippen LogP contribution in [0.2, 0.25) is 0 Å². The Hall–Kier alpha value is -1.39. The third kappa shape index (κ3) is 2.13. The first-order chi connectivity index (χ1) is 8.60. The number of carbonyl (C=O) groups is 1. The van der Waals surface area contributed by atoms with E-state index in [1.807, 2.05) is 36.4 Å². The Kier molecular flexibility index (Phi) is 3.68. The van der Waals surface area contributed by atoms with Crippen molar-refractivity contribution in [3.05, 3.63) is 52.5 Å². The molecule has 0 saturated heterocycles. The zero-order valence-electron chi connectivity index (χ0n) is 9.89.